The molecule has 1 aromatic carbocycles. The van der Waals surface area contributed by atoms with Crippen molar-refractivity contribution in [3.05, 3.63) is 57.9 Å². The average Bonchev–Trinajstić information content (AvgIpc) is 3.29. The molecule has 0 amide bonds. The smallest absolute Gasteiger partial charge is 0.237 e. The number of aromatic nitrogens is 3. The van der Waals surface area contributed by atoms with E-state index in [9.17, 15) is 5.26 Å². The molecule has 4 rings (SSSR count). The molecule has 224 valence electrons. The lowest BCUT2D eigenvalue weighted by atomic mass is 9.83. The number of anilines is 2. The Bertz CT molecular complexity index is 1480. The van der Waals surface area contributed by atoms with E-state index in [2.05, 4.69) is 68.2 Å². The molecule has 1 aliphatic carbocycles. The monoisotopic (exact) mass is 607 g/mol. The van der Waals surface area contributed by atoms with Gasteiger partial charge in [-0.1, -0.05) is 39.3 Å². The Morgan fingerprint density at radius 3 is 2.60 bits per heavy atom. The second-order valence-electron chi connectivity index (χ2n) is 12.7. The van der Waals surface area contributed by atoms with Gasteiger partial charge < -0.3 is 19.2 Å². The number of benzene rings is 1. The van der Waals surface area contributed by atoms with E-state index < -0.39 is 8.32 Å². The molecule has 1 N–H and O–H groups in total. The number of pyridine rings is 1. The topological polar surface area (TPSA) is 102 Å². The van der Waals surface area contributed by atoms with Crippen molar-refractivity contribution < 1.29 is 13.9 Å². The van der Waals surface area contributed by atoms with Gasteiger partial charge in [-0.2, -0.15) is 5.26 Å². The van der Waals surface area contributed by atoms with Gasteiger partial charge in [-0.25, -0.2) is 15.0 Å². The summed E-state index contributed by atoms with van der Waals surface area (Å²) in [4.78, 5) is 13.8. The van der Waals surface area contributed by atoms with Gasteiger partial charge in [0, 0.05) is 37.5 Å². The van der Waals surface area contributed by atoms with E-state index in [0.717, 1.165) is 36.1 Å². The first-order chi connectivity index (χ1) is 19.8. The van der Waals surface area contributed by atoms with Gasteiger partial charge in [0.25, 0.3) is 0 Å². The predicted molar refractivity (Wildman–Crippen MR) is 170 cm³/mol. The van der Waals surface area contributed by atoms with E-state index in [0.29, 0.717) is 53.4 Å². The van der Waals surface area contributed by atoms with E-state index in [1.807, 2.05) is 12.1 Å². The number of fused-ring (bicyclic) bond motifs is 1. The molecule has 8 nitrogen and oxygen atoms in total. The van der Waals surface area contributed by atoms with Crippen LogP contribution in [0.5, 0.6) is 5.88 Å². The fourth-order valence-electron chi connectivity index (χ4n) is 4.98. The first-order valence-electron chi connectivity index (χ1n) is 14.4. The minimum atomic E-state index is -1.93. The van der Waals surface area contributed by atoms with Crippen LogP contribution >= 0.6 is 11.6 Å². The summed E-state index contributed by atoms with van der Waals surface area (Å²) in [7, 11) is 1.30. The van der Waals surface area contributed by atoms with Crippen LogP contribution in [0, 0.1) is 11.3 Å². The highest BCUT2D eigenvalue weighted by molar-refractivity contribution is 6.74. The first kappa shape index (κ1) is 31.9. The second kappa shape index (κ2) is 12.7. The summed E-state index contributed by atoms with van der Waals surface area (Å²) in [5, 5.41) is 13.9. The zero-order chi connectivity index (χ0) is 30.7. The van der Waals surface area contributed by atoms with Crippen LogP contribution in [0.3, 0.4) is 0 Å². The van der Waals surface area contributed by atoms with Crippen molar-refractivity contribution in [3.8, 4) is 23.2 Å². The van der Waals surface area contributed by atoms with Crippen molar-refractivity contribution in [2.45, 2.75) is 76.9 Å². The van der Waals surface area contributed by atoms with Gasteiger partial charge in [0.2, 0.25) is 11.8 Å². The number of nitrogens with zero attached hydrogens (tertiary/aromatic N) is 4. The van der Waals surface area contributed by atoms with E-state index >= 15 is 0 Å². The molecule has 3 aromatic rings. The summed E-state index contributed by atoms with van der Waals surface area (Å²) in [6.45, 7) is 14.9. The highest BCUT2D eigenvalue weighted by Gasteiger charge is 2.42. The van der Waals surface area contributed by atoms with Crippen molar-refractivity contribution in [1.29, 1.82) is 5.26 Å². The molecule has 2 heterocycles. The Morgan fingerprint density at radius 2 is 1.93 bits per heavy atom. The molecule has 0 aliphatic heterocycles. The summed E-state index contributed by atoms with van der Waals surface area (Å²) in [5.74, 6) is 0.779. The molecule has 0 saturated carbocycles. The number of halogens is 1. The number of aryl methyl sites for hydroxylation is 1. The van der Waals surface area contributed by atoms with Crippen molar-refractivity contribution in [2.75, 3.05) is 32.8 Å². The number of nitriles is 1. The molecule has 1 aliphatic rings. The van der Waals surface area contributed by atoms with Gasteiger partial charge in [0.05, 0.1) is 35.2 Å². The Morgan fingerprint density at radius 1 is 1.17 bits per heavy atom. The van der Waals surface area contributed by atoms with Crippen LogP contribution in [-0.4, -0.2) is 50.7 Å². The average molecular weight is 608 g/mol. The molecular weight excluding hydrogens is 566 g/mol. The van der Waals surface area contributed by atoms with E-state index in [4.69, 9.17) is 30.5 Å². The van der Waals surface area contributed by atoms with E-state index in [1.165, 1.54) is 5.56 Å². The zero-order valence-corrected chi connectivity index (χ0v) is 27.8. The lowest BCUT2D eigenvalue weighted by Gasteiger charge is -2.39. The Balaban J connectivity index is 1.64. The third-order valence-electron chi connectivity index (χ3n) is 8.67. The summed E-state index contributed by atoms with van der Waals surface area (Å²) in [6.07, 6.45) is 4.98. The van der Waals surface area contributed by atoms with Crippen LogP contribution in [-0.2, 0) is 27.4 Å². The summed E-state index contributed by atoms with van der Waals surface area (Å²) in [6, 6.07) is 10.2. The Hall–Kier alpha value is -3.03. The standard InChI is InChI=1S/C32H42ClN5O3Si/c1-31(2,3)42(7,8)41-20-32(4)13-11-23-22(19-34)16-21(17-24(23)32)26-12-14-35-30(37-26)38-28-18-25(33)27(10-9-15-39-5)36-29(28)40-6/h12,14,16-18H,9-11,13,15,20H2,1-8H3,(H,35,37,38)/t32-/m0/s1. The van der Waals surface area contributed by atoms with Crippen LogP contribution in [0.1, 0.15) is 62.9 Å². The fraction of sp³-hybridized carbons (Fsp3) is 0.500. The minimum Gasteiger partial charge on any atom is -0.480 e. The summed E-state index contributed by atoms with van der Waals surface area (Å²) >= 11 is 6.55. The van der Waals surface area contributed by atoms with Crippen molar-refractivity contribution in [3.63, 3.8) is 0 Å². The third kappa shape index (κ3) is 6.78. The normalized spacial score (nSPS) is 16.7. The number of ether oxygens (including phenoxy) is 2. The molecule has 42 heavy (non-hydrogen) atoms. The maximum atomic E-state index is 10.1. The van der Waals surface area contributed by atoms with Crippen LogP contribution in [0.15, 0.2) is 30.5 Å². The van der Waals surface area contributed by atoms with Crippen molar-refractivity contribution in [2.24, 2.45) is 0 Å². The summed E-state index contributed by atoms with van der Waals surface area (Å²) in [5.41, 5.74) is 5.69. The number of nitrogens with one attached hydrogen (secondary N) is 1. The minimum absolute atomic E-state index is 0.127. The quantitative estimate of drug-likeness (QED) is 0.175. The first-order valence-corrected chi connectivity index (χ1v) is 17.6. The van der Waals surface area contributed by atoms with Crippen molar-refractivity contribution >= 4 is 31.6 Å². The van der Waals surface area contributed by atoms with E-state index in [-0.39, 0.29) is 10.5 Å². The Kier molecular flexibility index (Phi) is 9.63. The predicted octanol–water partition coefficient (Wildman–Crippen LogP) is 7.62. The molecule has 0 saturated heterocycles. The molecule has 10 heteroatoms. The Labute approximate surface area is 255 Å². The number of hydrogen-bond acceptors (Lipinski definition) is 8. The highest BCUT2D eigenvalue weighted by atomic mass is 35.5. The molecule has 2 aromatic heterocycles. The lowest BCUT2D eigenvalue weighted by Crippen LogP contribution is -2.44. The number of rotatable bonds is 11. The molecule has 0 fully saturated rings. The largest absolute Gasteiger partial charge is 0.480 e. The maximum Gasteiger partial charge on any atom is 0.237 e. The van der Waals surface area contributed by atoms with Crippen LogP contribution in [0.25, 0.3) is 11.3 Å². The number of methoxy groups -OCH3 is 2. The lowest BCUT2D eigenvalue weighted by molar-refractivity contribution is 0.195. The van der Waals surface area contributed by atoms with Gasteiger partial charge in [0.15, 0.2) is 8.32 Å². The van der Waals surface area contributed by atoms with E-state index in [1.54, 1.807) is 26.5 Å². The van der Waals surface area contributed by atoms with Gasteiger partial charge in [-0.3, -0.25) is 0 Å². The molecule has 0 spiro atoms. The zero-order valence-electron chi connectivity index (χ0n) is 26.0. The highest BCUT2D eigenvalue weighted by Crippen LogP contribution is 2.45. The van der Waals surface area contributed by atoms with Gasteiger partial charge in [-0.15, -0.1) is 0 Å². The van der Waals surface area contributed by atoms with Crippen LogP contribution < -0.4 is 10.1 Å². The summed E-state index contributed by atoms with van der Waals surface area (Å²) < 4.78 is 17.4. The van der Waals surface area contributed by atoms with Gasteiger partial charge in [-0.05, 0) is 79.2 Å². The van der Waals surface area contributed by atoms with Crippen LogP contribution in [0.4, 0.5) is 11.6 Å². The van der Waals surface area contributed by atoms with Crippen molar-refractivity contribution in [1.82, 2.24) is 15.0 Å². The maximum absolute atomic E-state index is 10.1. The molecule has 0 bridgehead atoms. The fourth-order valence-corrected chi connectivity index (χ4v) is 6.34. The van der Waals surface area contributed by atoms with Crippen LogP contribution in [0.2, 0.25) is 23.2 Å². The molecule has 0 radical (unpaired) electrons. The van der Waals surface area contributed by atoms with Gasteiger partial charge >= 0.3 is 0 Å². The number of hydrogen-bond donors (Lipinski definition) is 1. The SMILES string of the molecule is COCCCc1nc(OC)c(Nc2nccc(-c3cc(C#N)c4c(c3)[C@](C)(CO[Si](C)(C)C(C)(C)C)CC4)n2)cc1Cl. The third-order valence-corrected chi connectivity index (χ3v) is 13.5. The molecule has 1 atom stereocenters. The molecule has 0 unspecified atom stereocenters. The van der Waals surface area contributed by atoms with Gasteiger partial charge in [0.1, 0.15) is 5.69 Å². The second-order valence-corrected chi connectivity index (χ2v) is 17.9. The molecular formula is C32H42ClN5O3Si.